The Balaban J connectivity index is 1.71. The molecule has 9 heteroatoms. The van der Waals surface area contributed by atoms with Crippen LogP contribution < -0.4 is 16.6 Å². The summed E-state index contributed by atoms with van der Waals surface area (Å²) in [6.07, 6.45) is 2.09. The molecule has 0 aromatic carbocycles. The molecule has 0 spiro atoms. The summed E-state index contributed by atoms with van der Waals surface area (Å²) in [5, 5.41) is 11.7. The van der Waals surface area contributed by atoms with Crippen LogP contribution in [0.2, 0.25) is 0 Å². The Morgan fingerprint density at radius 2 is 2.19 bits per heavy atom. The van der Waals surface area contributed by atoms with Gasteiger partial charge in [-0.2, -0.15) is 0 Å². The van der Waals surface area contributed by atoms with Crippen LogP contribution in [0.15, 0.2) is 19.2 Å². The van der Waals surface area contributed by atoms with Crippen LogP contribution in [0.3, 0.4) is 0 Å². The first-order valence-electron chi connectivity index (χ1n) is 6.65. The van der Waals surface area contributed by atoms with E-state index in [9.17, 15) is 9.59 Å². The fourth-order valence-corrected chi connectivity index (χ4v) is 3.11. The van der Waals surface area contributed by atoms with Gasteiger partial charge in [0.2, 0.25) is 5.89 Å². The standard InChI is InChI=1S/C12H15N5O3S/c1-6-7(9(18)15-11(19)14-6)5-21-12-17-16-10(20-12)8-3-2-4-13-8/h8,13H,2-5H2,1H3,(H2,14,15,18,19)/t8-/m1/s1. The Morgan fingerprint density at radius 1 is 1.33 bits per heavy atom. The molecule has 0 unspecified atom stereocenters. The molecule has 0 bridgehead atoms. The number of hydrogen-bond acceptors (Lipinski definition) is 7. The Hall–Kier alpha value is -1.87. The third kappa shape index (κ3) is 3.08. The van der Waals surface area contributed by atoms with Crippen molar-refractivity contribution in [2.24, 2.45) is 0 Å². The molecule has 1 fully saturated rings. The molecule has 2 aromatic rings. The average molecular weight is 309 g/mol. The molecular formula is C12H15N5O3S. The lowest BCUT2D eigenvalue weighted by atomic mass is 10.2. The molecule has 112 valence electrons. The largest absolute Gasteiger partial charge is 0.414 e. The summed E-state index contributed by atoms with van der Waals surface area (Å²) in [4.78, 5) is 27.6. The lowest BCUT2D eigenvalue weighted by Gasteiger charge is -2.03. The van der Waals surface area contributed by atoms with Crippen molar-refractivity contribution in [2.75, 3.05) is 6.54 Å². The molecule has 2 aromatic heterocycles. The molecule has 1 aliphatic heterocycles. The quantitative estimate of drug-likeness (QED) is 0.703. The summed E-state index contributed by atoms with van der Waals surface area (Å²) < 4.78 is 5.59. The highest BCUT2D eigenvalue weighted by Crippen LogP contribution is 2.26. The van der Waals surface area contributed by atoms with Crippen LogP contribution >= 0.6 is 11.8 Å². The maximum absolute atomic E-state index is 11.7. The molecule has 1 saturated heterocycles. The molecule has 1 aliphatic rings. The molecule has 0 radical (unpaired) electrons. The molecule has 21 heavy (non-hydrogen) atoms. The maximum atomic E-state index is 11.7. The summed E-state index contributed by atoms with van der Waals surface area (Å²) in [6, 6.07) is 0.130. The van der Waals surface area contributed by atoms with Gasteiger partial charge in [-0.25, -0.2) is 4.79 Å². The lowest BCUT2D eigenvalue weighted by molar-refractivity contribution is 0.374. The first-order chi connectivity index (χ1) is 10.1. The predicted octanol–water partition coefficient (Wildman–Crippen LogP) is 0.471. The van der Waals surface area contributed by atoms with Crippen molar-refractivity contribution in [1.82, 2.24) is 25.5 Å². The van der Waals surface area contributed by atoms with Gasteiger partial charge < -0.3 is 14.7 Å². The molecular weight excluding hydrogens is 294 g/mol. The van der Waals surface area contributed by atoms with Crippen molar-refractivity contribution >= 4 is 11.8 Å². The van der Waals surface area contributed by atoms with Gasteiger partial charge in [0.25, 0.3) is 10.8 Å². The first kappa shape index (κ1) is 14.1. The van der Waals surface area contributed by atoms with E-state index in [1.54, 1.807) is 6.92 Å². The van der Waals surface area contributed by atoms with Crippen molar-refractivity contribution in [2.45, 2.75) is 36.8 Å². The van der Waals surface area contributed by atoms with E-state index in [-0.39, 0.29) is 11.6 Å². The van der Waals surface area contributed by atoms with Gasteiger partial charge in [-0.3, -0.25) is 9.78 Å². The van der Waals surface area contributed by atoms with Crippen LogP contribution in [0, 0.1) is 6.92 Å². The highest BCUT2D eigenvalue weighted by Gasteiger charge is 2.22. The van der Waals surface area contributed by atoms with E-state index >= 15 is 0 Å². The predicted molar refractivity (Wildman–Crippen MR) is 76.3 cm³/mol. The van der Waals surface area contributed by atoms with Crippen molar-refractivity contribution < 1.29 is 4.42 Å². The van der Waals surface area contributed by atoms with Gasteiger partial charge in [-0.1, -0.05) is 11.8 Å². The van der Waals surface area contributed by atoms with Crippen LogP contribution in [0.25, 0.3) is 0 Å². The zero-order chi connectivity index (χ0) is 14.8. The summed E-state index contributed by atoms with van der Waals surface area (Å²) in [7, 11) is 0. The summed E-state index contributed by atoms with van der Waals surface area (Å²) in [6.45, 7) is 2.65. The van der Waals surface area contributed by atoms with E-state index in [0.717, 1.165) is 19.4 Å². The Kier molecular flexibility index (Phi) is 3.93. The highest BCUT2D eigenvalue weighted by molar-refractivity contribution is 7.98. The Bertz CT molecular complexity index is 744. The molecule has 0 amide bonds. The average Bonchev–Trinajstić information content (AvgIpc) is 3.08. The highest BCUT2D eigenvalue weighted by atomic mass is 32.2. The molecule has 3 rings (SSSR count). The van der Waals surface area contributed by atoms with E-state index in [1.807, 2.05) is 0 Å². The SMILES string of the molecule is Cc1[nH]c(=O)[nH]c(=O)c1CSc1nnc([C@H]2CCCN2)o1. The molecule has 0 saturated carbocycles. The zero-order valence-corrected chi connectivity index (χ0v) is 12.2. The minimum absolute atomic E-state index is 0.130. The molecule has 0 aliphatic carbocycles. The van der Waals surface area contributed by atoms with Crippen molar-refractivity contribution in [1.29, 1.82) is 0 Å². The second kappa shape index (κ2) is 5.86. The number of thioether (sulfide) groups is 1. The van der Waals surface area contributed by atoms with Gasteiger partial charge in [-0.15, -0.1) is 10.2 Å². The molecule has 3 heterocycles. The molecule has 8 nitrogen and oxygen atoms in total. The number of nitrogens with zero attached hydrogens (tertiary/aromatic N) is 2. The first-order valence-corrected chi connectivity index (χ1v) is 7.63. The van der Waals surface area contributed by atoms with Gasteiger partial charge in [0.1, 0.15) is 0 Å². The van der Waals surface area contributed by atoms with Gasteiger partial charge in [0.05, 0.1) is 6.04 Å². The van der Waals surface area contributed by atoms with E-state index in [0.29, 0.717) is 28.1 Å². The van der Waals surface area contributed by atoms with Gasteiger partial charge >= 0.3 is 5.69 Å². The van der Waals surface area contributed by atoms with Crippen LogP contribution in [0.4, 0.5) is 0 Å². The van der Waals surface area contributed by atoms with Crippen molar-refractivity contribution in [3.05, 3.63) is 38.0 Å². The summed E-state index contributed by atoms with van der Waals surface area (Å²) in [5.74, 6) is 0.944. The zero-order valence-electron chi connectivity index (χ0n) is 11.4. The minimum Gasteiger partial charge on any atom is -0.414 e. The van der Waals surface area contributed by atoms with Crippen LogP contribution in [-0.2, 0) is 5.75 Å². The number of aromatic amines is 2. The smallest absolute Gasteiger partial charge is 0.325 e. The second-order valence-electron chi connectivity index (χ2n) is 4.86. The third-order valence-electron chi connectivity index (χ3n) is 3.38. The van der Waals surface area contributed by atoms with Crippen LogP contribution in [0.5, 0.6) is 0 Å². The number of aromatic nitrogens is 4. The molecule has 1 atom stereocenters. The van der Waals surface area contributed by atoms with E-state index in [1.165, 1.54) is 11.8 Å². The van der Waals surface area contributed by atoms with E-state index < -0.39 is 5.69 Å². The number of aryl methyl sites for hydroxylation is 1. The molecule has 3 N–H and O–H groups in total. The van der Waals surface area contributed by atoms with Crippen molar-refractivity contribution in [3.8, 4) is 0 Å². The Labute approximate surface area is 123 Å². The van der Waals surface area contributed by atoms with Gasteiger partial charge in [0, 0.05) is 17.0 Å². The van der Waals surface area contributed by atoms with Gasteiger partial charge in [0.15, 0.2) is 0 Å². The number of nitrogens with one attached hydrogen (secondary N) is 3. The van der Waals surface area contributed by atoms with E-state index in [4.69, 9.17) is 4.42 Å². The van der Waals surface area contributed by atoms with Crippen LogP contribution in [-0.4, -0.2) is 26.7 Å². The second-order valence-corrected chi connectivity index (χ2v) is 5.78. The third-order valence-corrected chi connectivity index (χ3v) is 4.22. The van der Waals surface area contributed by atoms with Crippen LogP contribution in [0.1, 0.15) is 36.0 Å². The summed E-state index contributed by atoms with van der Waals surface area (Å²) in [5.41, 5.74) is 0.159. The van der Waals surface area contributed by atoms with E-state index in [2.05, 4.69) is 25.5 Å². The number of rotatable bonds is 4. The minimum atomic E-state index is -0.501. The lowest BCUT2D eigenvalue weighted by Crippen LogP contribution is -2.26. The maximum Gasteiger partial charge on any atom is 0.325 e. The summed E-state index contributed by atoms with van der Waals surface area (Å²) >= 11 is 1.28. The normalized spacial score (nSPS) is 18.2. The topological polar surface area (TPSA) is 117 Å². The van der Waals surface area contributed by atoms with Gasteiger partial charge in [-0.05, 0) is 26.3 Å². The number of hydrogen-bond donors (Lipinski definition) is 3. The van der Waals surface area contributed by atoms with Crippen molar-refractivity contribution in [3.63, 3.8) is 0 Å². The number of H-pyrrole nitrogens is 2. The Morgan fingerprint density at radius 3 is 2.90 bits per heavy atom. The fraction of sp³-hybridized carbons (Fsp3) is 0.500. The fourth-order valence-electron chi connectivity index (χ4n) is 2.25. The monoisotopic (exact) mass is 309 g/mol.